The van der Waals surface area contributed by atoms with Gasteiger partial charge in [-0.3, -0.25) is 50.7 Å². The summed E-state index contributed by atoms with van der Waals surface area (Å²) in [6, 6.07) is 62.0. The molecule has 2 aliphatic rings. The summed E-state index contributed by atoms with van der Waals surface area (Å²) in [5.74, 6) is -3.02. The third kappa shape index (κ3) is 23.2. The lowest BCUT2D eigenvalue weighted by molar-refractivity contribution is 0.00197. The van der Waals surface area contributed by atoms with Crippen LogP contribution in [-0.2, 0) is 18.9 Å². The number of carbonyl (C=O) groups is 8. The Bertz CT molecular complexity index is 5830. The topological polar surface area (TPSA) is 415 Å². The fraction of sp³-hybridized carbons (Fsp3) is 0.128. The van der Waals surface area contributed by atoms with Gasteiger partial charge in [-0.15, -0.1) is 0 Å². The monoisotopic (exact) mass is 1660 g/mol. The second-order valence-corrected chi connectivity index (χ2v) is 25.9. The lowest BCUT2D eigenvalue weighted by atomic mass is 10.1. The molecular formula is C86H67F4N15O17. The molecule has 32 nitrogen and oxygen atoms in total. The number of amides is 9. The van der Waals surface area contributed by atoms with E-state index < -0.39 is 71.2 Å². The van der Waals surface area contributed by atoms with Gasteiger partial charge in [0.15, 0.2) is 0 Å². The number of hydrogen-bond acceptors (Lipinski definition) is 27. The van der Waals surface area contributed by atoms with E-state index in [0.717, 1.165) is 13.1 Å². The van der Waals surface area contributed by atoms with E-state index in [2.05, 4.69) is 77.0 Å². The lowest BCUT2D eigenvalue weighted by Gasteiger charge is -2.26. The number of ether oxygens (including phenoxy) is 5. The van der Waals surface area contributed by atoms with Gasteiger partial charge in [-0.05, 0) is 121 Å². The summed E-state index contributed by atoms with van der Waals surface area (Å²) in [5, 5.41) is 26.6. The summed E-state index contributed by atoms with van der Waals surface area (Å²) in [7, 11) is 0. The predicted octanol–water partition coefficient (Wildman–Crippen LogP) is 14.7. The number of morpholine rings is 1. The summed E-state index contributed by atoms with van der Waals surface area (Å²) in [6.45, 7) is 4.66. The first-order chi connectivity index (χ1) is 59.4. The number of rotatable bonds is 18. The highest BCUT2D eigenvalue weighted by Gasteiger charge is 2.25. The van der Waals surface area contributed by atoms with E-state index in [-0.39, 0.29) is 104 Å². The third-order valence-corrected chi connectivity index (χ3v) is 17.6. The number of benzene rings is 9. The van der Waals surface area contributed by atoms with Crippen LogP contribution in [-0.4, -0.2) is 157 Å². The van der Waals surface area contributed by atoms with E-state index in [9.17, 15) is 55.9 Å². The number of hydrogen-bond donors (Lipinski definition) is 5. The van der Waals surface area contributed by atoms with E-state index >= 15 is 0 Å². The smallest absolute Gasteiger partial charge is 0.419 e. The van der Waals surface area contributed by atoms with Crippen LogP contribution < -0.4 is 31.3 Å². The average Bonchev–Trinajstić information content (AvgIpc) is 1.67. The molecule has 2 fully saturated rings. The van der Waals surface area contributed by atoms with Gasteiger partial charge in [0, 0.05) is 83.2 Å². The maximum atomic E-state index is 13.9. The molecule has 0 bridgehead atoms. The highest BCUT2D eigenvalue weighted by Crippen LogP contribution is 2.30. The number of anilines is 1. The number of urea groups is 1. The minimum atomic E-state index is -0.905. The maximum Gasteiger partial charge on any atom is 0.419 e. The van der Waals surface area contributed by atoms with Crippen molar-refractivity contribution in [1.29, 1.82) is 0 Å². The van der Waals surface area contributed by atoms with Crippen molar-refractivity contribution in [2.45, 2.75) is 18.9 Å². The van der Waals surface area contributed by atoms with Crippen molar-refractivity contribution in [2.75, 3.05) is 58.0 Å². The van der Waals surface area contributed by atoms with Crippen LogP contribution in [0.25, 0.3) is 91.4 Å². The minimum Gasteiger partial charge on any atom is -0.448 e. The second kappa shape index (κ2) is 41.2. The van der Waals surface area contributed by atoms with Gasteiger partial charge in [0.05, 0.1) is 48.7 Å². The molecule has 0 saturated carbocycles. The van der Waals surface area contributed by atoms with Gasteiger partial charge in [0.25, 0.3) is 47.2 Å². The van der Waals surface area contributed by atoms with E-state index in [4.69, 9.17) is 41.8 Å². The summed E-state index contributed by atoms with van der Waals surface area (Å²) in [4.78, 5) is 120. The first-order valence-electron chi connectivity index (χ1n) is 37.2. The van der Waals surface area contributed by atoms with Gasteiger partial charge in [-0.1, -0.05) is 142 Å². The average molecular weight is 1660 g/mol. The van der Waals surface area contributed by atoms with Crippen molar-refractivity contribution >= 4 is 53.8 Å². The van der Waals surface area contributed by atoms with Crippen LogP contribution in [0.4, 0.5) is 42.6 Å². The zero-order valence-electron chi connectivity index (χ0n) is 63.7. The molecule has 36 heteroatoms. The molecule has 122 heavy (non-hydrogen) atoms. The first kappa shape index (κ1) is 84.0. The van der Waals surface area contributed by atoms with Crippen molar-refractivity contribution in [1.82, 2.24) is 71.7 Å². The quantitative estimate of drug-likeness (QED) is 0.0498. The van der Waals surface area contributed by atoms with Crippen molar-refractivity contribution in [3.05, 3.63) is 294 Å². The van der Waals surface area contributed by atoms with Crippen molar-refractivity contribution in [2.24, 2.45) is 0 Å². The van der Waals surface area contributed by atoms with Crippen LogP contribution >= 0.6 is 0 Å². The van der Waals surface area contributed by atoms with Crippen LogP contribution in [0.5, 0.6) is 5.75 Å². The molecule has 7 heterocycles. The summed E-state index contributed by atoms with van der Waals surface area (Å²) >= 11 is 0. The first-order valence-corrected chi connectivity index (χ1v) is 37.2. The molecule has 5 aromatic heterocycles. The summed E-state index contributed by atoms with van der Waals surface area (Å²) in [5.41, 5.74) is 3.43. The number of nitrogens with zero attached hydrogens (tertiary/aromatic N) is 10. The molecule has 9 amide bonds. The Morgan fingerprint density at radius 2 is 0.746 bits per heavy atom. The number of alkyl carbamates (subject to hydrolysis) is 2. The van der Waals surface area contributed by atoms with Crippen LogP contribution in [0.3, 0.4) is 0 Å². The molecule has 14 aromatic rings. The van der Waals surface area contributed by atoms with Gasteiger partial charge < -0.3 is 41.8 Å². The number of pyridine rings is 1. The number of nitrogens with one attached hydrogen (secondary N) is 5. The molecular weight excluding hydrogens is 1590 g/mol. The number of para-hydroxylation sites is 1. The fourth-order valence-electron chi connectivity index (χ4n) is 11.5. The largest absolute Gasteiger partial charge is 0.448 e. The normalized spacial score (nSPS) is 12.4. The van der Waals surface area contributed by atoms with E-state index in [1.54, 1.807) is 152 Å². The SMILES string of the molecule is O=C(NC(=O)c1cccc(-c2noc(-c3ccccc3F)n2)c1)Nc1ccccn1.O=C(NC(=O)c1cccc(-c2noc(-c3ccccc3F)n2)c1)OC1CCOCC1.O=C(NC(=O)c1cccc(-c2noc(-c3ccccc3F)n2)c1)OCCN1CCOCC1.O=C(NC(=O)c1cccc(-c2noc(-c3ccccc3F)n2)c1)Oc1ccccc1. The van der Waals surface area contributed by atoms with Crippen molar-refractivity contribution in [3.63, 3.8) is 0 Å². The Kier molecular flexibility index (Phi) is 28.4. The van der Waals surface area contributed by atoms with Crippen molar-refractivity contribution < 1.29 is 97.7 Å². The molecule has 0 unspecified atom stereocenters. The van der Waals surface area contributed by atoms with Gasteiger partial charge in [0.2, 0.25) is 23.3 Å². The van der Waals surface area contributed by atoms with Crippen LogP contribution in [0.2, 0.25) is 0 Å². The highest BCUT2D eigenvalue weighted by molar-refractivity contribution is 6.08. The van der Waals surface area contributed by atoms with E-state index in [1.165, 1.54) is 97.2 Å². The fourth-order valence-corrected chi connectivity index (χ4v) is 11.5. The number of carbonyl (C=O) groups excluding carboxylic acids is 8. The number of aromatic nitrogens is 9. The Morgan fingerprint density at radius 3 is 1.14 bits per heavy atom. The zero-order chi connectivity index (χ0) is 85.1. The molecule has 16 rings (SSSR count). The zero-order valence-corrected chi connectivity index (χ0v) is 63.7. The van der Waals surface area contributed by atoms with Gasteiger partial charge in [0.1, 0.15) is 47.5 Å². The molecule has 2 aliphatic heterocycles. The Morgan fingerprint density at radius 1 is 0.385 bits per heavy atom. The molecule has 5 N–H and O–H groups in total. The molecule has 0 spiro atoms. The molecule has 0 atom stereocenters. The summed E-state index contributed by atoms with van der Waals surface area (Å²) in [6.07, 6.45) is -0.0966. The molecule has 9 aromatic carbocycles. The standard InChI is InChI=1S/C22H21FN4O5.C22H14FN3O4.C21H14FN5O3.C21H18FN3O5/c23-18-7-2-1-6-17(18)21-24-19(26-32-21)15-4-3-5-16(14-15)20(28)25-22(29)31-13-10-27-8-11-30-12-9-27;23-18-12-5-4-11-17(18)21-24-19(26-30-21)14-7-6-8-15(13-14)20(27)25-22(28)29-16-9-2-1-3-10-16;22-16-9-2-1-8-15(16)20-25-18(27-30-20)13-6-5-7-14(12-13)19(28)26-21(29)24-17-10-3-4-11-23-17;22-17-7-2-1-6-16(17)20-23-18(25-30-20)13-4-3-5-14(12-13)19(26)24-21(27)29-15-8-10-28-11-9-15/h1-7,14H,8-13H2,(H,25,28,29);1-13H,(H,25,27,28);1-12H,(H2,23,24,26,28,29);1-7,12,15H,8-11H2,(H,24,26,27). The molecule has 2 saturated heterocycles. The van der Waals surface area contributed by atoms with Crippen LogP contribution in [0.15, 0.2) is 267 Å². The molecule has 0 aliphatic carbocycles. The van der Waals surface area contributed by atoms with Crippen molar-refractivity contribution in [3.8, 4) is 97.1 Å². The minimum absolute atomic E-state index is 0.0180. The Balaban J connectivity index is 0.000000140. The lowest BCUT2D eigenvalue weighted by Crippen LogP contribution is -2.39. The predicted molar refractivity (Wildman–Crippen MR) is 425 cm³/mol. The second-order valence-electron chi connectivity index (χ2n) is 25.9. The summed E-state index contributed by atoms with van der Waals surface area (Å²) < 4.78 is 102. The van der Waals surface area contributed by atoms with Gasteiger partial charge >= 0.3 is 24.3 Å². The van der Waals surface area contributed by atoms with E-state index in [0.29, 0.717) is 79.6 Å². The Labute approximate surface area is 688 Å². The maximum absolute atomic E-state index is 13.9. The highest BCUT2D eigenvalue weighted by atomic mass is 19.1. The van der Waals surface area contributed by atoms with Crippen LogP contribution in [0.1, 0.15) is 54.3 Å². The van der Waals surface area contributed by atoms with E-state index in [1.807, 2.05) is 0 Å². The van der Waals surface area contributed by atoms with Gasteiger partial charge in [-0.2, -0.15) is 19.9 Å². The van der Waals surface area contributed by atoms with Gasteiger partial charge in [-0.25, -0.2) is 41.7 Å². The Hall–Kier alpha value is -16.0. The number of imide groups is 4. The number of halogens is 4. The third-order valence-electron chi connectivity index (χ3n) is 17.6. The van der Waals surface area contributed by atoms with Crippen LogP contribution in [0, 0.1) is 23.3 Å². The molecule has 616 valence electrons. The molecule has 0 radical (unpaired) electrons.